The molecule has 0 fully saturated rings. The zero-order valence-electron chi connectivity index (χ0n) is 20.2. The molecule has 0 aromatic heterocycles. The van der Waals surface area contributed by atoms with E-state index in [-0.39, 0.29) is 31.6 Å². The number of primary amides is 1. The summed E-state index contributed by atoms with van der Waals surface area (Å²) in [6.45, 7) is 3.73. The summed E-state index contributed by atoms with van der Waals surface area (Å²) >= 11 is 1.38. The van der Waals surface area contributed by atoms with Crippen LogP contribution in [0.25, 0.3) is 0 Å². The lowest BCUT2D eigenvalue weighted by molar-refractivity contribution is -0.142. The minimum Gasteiger partial charge on any atom is -0.481 e. The Balaban J connectivity index is 5.52. The quantitative estimate of drug-likeness (QED) is 0.114. The van der Waals surface area contributed by atoms with Gasteiger partial charge in [-0.25, -0.2) is 4.79 Å². The van der Waals surface area contributed by atoms with E-state index in [0.29, 0.717) is 12.2 Å². The second-order valence-electron chi connectivity index (χ2n) is 8.48. The summed E-state index contributed by atoms with van der Waals surface area (Å²) in [5, 5.41) is 25.5. The van der Waals surface area contributed by atoms with Gasteiger partial charge in [0.2, 0.25) is 23.6 Å². The molecule has 4 amide bonds. The molecule has 0 bridgehead atoms. The molecule has 200 valence electrons. The number of nitrogens with one attached hydrogen (secondary N) is 3. The first-order valence-electron chi connectivity index (χ1n) is 11.2. The lowest BCUT2D eigenvalue weighted by Crippen LogP contribution is -2.57. The monoisotopic (exact) mass is 519 g/mol. The van der Waals surface area contributed by atoms with Gasteiger partial charge in [-0.05, 0) is 43.6 Å². The number of carboxylic acid groups (broad SMARTS) is 2. The van der Waals surface area contributed by atoms with Gasteiger partial charge in [-0.2, -0.15) is 11.8 Å². The minimum atomic E-state index is -1.40. The average Bonchev–Trinajstić information content (AvgIpc) is 2.75. The van der Waals surface area contributed by atoms with Gasteiger partial charge in [0.15, 0.2) is 0 Å². The summed E-state index contributed by atoms with van der Waals surface area (Å²) in [4.78, 5) is 71.6. The van der Waals surface area contributed by atoms with Crippen LogP contribution in [0.4, 0.5) is 0 Å². The van der Waals surface area contributed by atoms with Gasteiger partial charge in [-0.15, -0.1) is 0 Å². The minimum absolute atomic E-state index is 0.110. The Hall–Kier alpha value is -2.87. The highest BCUT2D eigenvalue weighted by Gasteiger charge is 2.30. The van der Waals surface area contributed by atoms with Crippen LogP contribution < -0.4 is 27.4 Å². The zero-order valence-corrected chi connectivity index (χ0v) is 21.1. The Morgan fingerprint density at radius 3 is 1.74 bits per heavy atom. The van der Waals surface area contributed by atoms with E-state index in [1.165, 1.54) is 11.8 Å². The molecule has 0 radical (unpaired) electrons. The molecule has 9 N–H and O–H groups in total. The summed E-state index contributed by atoms with van der Waals surface area (Å²) in [5.41, 5.74) is 10.9. The molecule has 0 aromatic carbocycles. The van der Waals surface area contributed by atoms with E-state index in [1.807, 2.05) is 13.8 Å². The Morgan fingerprint density at radius 1 is 0.800 bits per heavy atom. The molecule has 0 saturated carbocycles. The van der Waals surface area contributed by atoms with Crippen LogP contribution in [0.5, 0.6) is 0 Å². The number of carbonyl (C=O) groups excluding carboxylic acids is 4. The Labute approximate surface area is 208 Å². The molecule has 0 rings (SSSR count). The number of carbonyl (C=O) groups is 6. The summed E-state index contributed by atoms with van der Waals surface area (Å²) in [5.74, 6) is -4.98. The van der Waals surface area contributed by atoms with Crippen molar-refractivity contribution in [2.45, 2.75) is 76.5 Å². The molecule has 4 atom stereocenters. The highest BCUT2D eigenvalue weighted by Crippen LogP contribution is 2.08. The van der Waals surface area contributed by atoms with Crippen molar-refractivity contribution in [1.29, 1.82) is 0 Å². The standard InChI is InChI=1S/C21H37N5O8S/c1-11(2)10-12(22)18(30)24-13(5-7-17(28)29)19(31)25-14(8-9-35-3)20(32)26-15(21(33)34)4-6-16(23)27/h11-15H,4-10,22H2,1-3H3,(H2,23,27)(H,24,30)(H,25,31)(H,26,32)(H,28,29)(H,33,34). The number of aliphatic carboxylic acids is 2. The normalized spacial score (nSPS) is 14.3. The first-order chi connectivity index (χ1) is 16.3. The van der Waals surface area contributed by atoms with Crippen molar-refractivity contribution in [2.75, 3.05) is 12.0 Å². The molecular weight excluding hydrogens is 482 g/mol. The third kappa shape index (κ3) is 14.2. The fraction of sp³-hybridized carbons (Fsp3) is 0.714. The van der Waals surface area contributed by atoms with E-state index >= 15 is 0 Å². The van der Waals surface area contributed by atoms with Gasteiger partial charge < -0.3 is 37.6 Å². The second-order valence-corrected chi connectivity index (χ2v) is 9.46. The maximum absolute atomic E-state index is 12.9. The van der Waals surface area contributed by atoms with Crippen molar-refractivity contribution >= 4 is 47.3 Å². The van der Waals surface area contributed by atoms with Crippen LogP contribution in [-0.2, 0) is 28.8 Å². The summed E-state index contributed by atoms with van der Waals surface area (Å²) in [6.07, 6.45) is 1.09. The van der Waals surface area contributed by atoms with Crippen molar-refractivity contribution in [3.8, 4) is 0 Å². The van der Waals surface area contributed by atoms with Crippen LogP contribution in [0, 0.1) is 5.92 Å². The summed E-state index contributed by atoms with van der Waals surface area (Å²) in [6, 6.07) is -4.75. The first kappa shape index (κ1) is 32.1. The van der Waals surface area contributed by atoms with Gasteiger partial charge in [-0.3, -0.25) is 24.0 Å². The molecule has 0 aliphatic carbocycles. The fourth-order valence-corrected chi connectivity index (χ4v) is 3.49. The molecule has 13 nitrogen and oxygen atoms in total. The summed E-state index contributed by atoms with van der Waals surface area (Å²) < 4.78 is 0. The first-order valence-corrected chi connectivity index (χ1v) is 12.6. The molecule has 4 unspecified atom stereocenters. The maximum Gasteiger partial charge on any atom is 0.326 e. The van der Waals surface area contributed by atoms with Crippen LogP contribution >= 0.6 is 11.8 Å². The summed E-state index contributed by atoms with van der Waals surface area (Å²) in [7, 11) is 0. The SMILES string of the molecule is CSCCC(NC(=O)C(CCC(=O)O)NC(=O)C(N)CC(C)C)C(=O)NC(CCC(N)=O)C(=O)O. The number of hydrogen-bond donors (Lipinski definition) is 7. The number of rotatable bonds is 18. The van der Waals surface area contributed by atoms with E-state index < -0.39 is 66.2 Å². The van der Waals surface area contributed by atoms with Gasteiger partial charge in [0.05, 0.1) is 6.04 Å². The lowest BCUT2D eigenvalue weighted by atomic mass is 10.0. The largest absolute Gasteiger partial charge is 0.481 e. The van der Waals surface area contributed by atoms with E-state index in [0.717, 1.165) is 0 Å². The third-order valence-corrected chi connectivity index (χ3v) is 5.52. The molecule has 0 aromatic rings. The second kappa shape index (κ2) is 16.7. The van der Waals surface area contributed by atoms with Crippen molar-refractivity contribution in [3.63, 3.8) is 0 Å². The number of thioether (sulfide) groups is 1. The van der Waals surface area contributed by atoms with Gasteiger partial charge in [0, 0.05) is 12.8 Å². The van der Waals surface area contributed by atoms with Crippen LogP contribution in [0.15, 0.2) is 0 Å². The number of carboxylic acids is 2. The molecule has 35 heavy (non-hydrogen) atoms. The highest BCUT2D eigenvalue weighted by molar-refractivity contribution is 7.98. The number of amides is 4. The van der Waals surface area contributed by atoms with E-state index in [2.05, 4.69) is 16.0 Å². The van der Waals surface area contributed by atoms with E-state index in [1.54, 1.807) is 6.26 Å². The average molecular weight is 520 g/mol. The predicted molar refractivity (Wildman–Crippen MR) is 129 cm³/mol. The molecular formula is C21H37N5O8S. The zero-order chi connectivity index (χ0) is 27.1. The smallest absolute Gasteiger partial charge is 0.326 e. The van der Waals surface area contributed by atoms with E-state index in [9.17, 15) is 33.9 Å². The van der Waals surface area contributed by atoms with Crippen LogP contribution in [-0.4, -0.2) is 82.0 Å². The molecule has 0 spiro atoms. The molecule has 0 aliphatic rings. The van der Waals surface area contributed by atoms with E-state index in [4.69, 9.17) is 16.6 Å². The van der Waals surface area contributed by atoms with Gasteiger partial charge in [0.1, 0.15) is 18.1 Å². The van der Waals surface area contributed by atoms with Crippen LogP contribution in [0.1, 0.15) is 52.4 Å². The maximum atomic E-state index is 12.9. The predicted octanol–water partition coefficient (Wildman–Crippen LogP) is -1.22. The number of nitrogens with two attached hydrogens (primary N) is 2. The topological polar surface area (TPSA) is 231 Å². The van der Waals surface area contributed by atoms with Gasteiger partial charge in [-0.1, -0.05) is 13.8 Å². The number of hydrogen-bond acceptors (Lipinski definition) is 8. The van der Waals surface area contributed by atoms with Crippen molar-refractivity contribution < 1.29 is 39.0 Å². The van der Waals surface area contributed by atoms with Crippen LogP contribution in [0.3, 0.4) is 0 Å². The third-order valence-electron chi connectivity index (χ3n) is 4.88. The fourth-order valence-electron chi connectivity index (χ4n) is 3.02. The molecule has 0 saturated heterocycles. The van der Waals surface area contributed by atoms with Crippen LogP contribution in [0.2, 0.25) is 0 Å². The van der Waals surface area contributed by atoms with Gasteiger partial charge >= 0.3 is 11.9 Å². The molecule has 0 aliphatic heterocycles. The molecule has 14 heteroatoms. The Kier molecular flexibility index (Phi) is 15.3. The highest BCUT2D eigenvalue weighted by atomic mass is 32.2. The van der Waals surface area contributed by atoms with Crippen molar-refractivity contribution in [3.05, 3.63) is 0 Å². The lowest BCUT2D eigenvalue weighted by Gasteiger charge is -2.25. The molecule has 0 heterocycles. The Morgan fingerprint density at radius 2 is 1.29 bits per heavy atom. The van der Waals surface area contributed by atoms with Crippen molar-refractivity contribution in [1.82, 2.24) is 16.0 Å². The Bertz CT molecular complexity index is 764. The van der Waals surface area contributed by atoms with Crippen molar-refractivity contribution in [2.24, 2.45) is 17.4 Å². The van der Waals surface area contributed by atoms with Gasteiger partial charge in [0.25, 0.3) is 0 Å².